The standard InChI is InChI=1S/C7H12N4O/c1-4(2)11-5(3)6(7(8)12)9-10-11/h4H,1-3H3,(H2,8,12). The van der Waals surface area contributed by atoms with Crippen molar-refractivity contribution in [1.29, 1.82) is 0 Å². The number of nitrogens with two attached hydrogens (primary N) is 1. The maximum Gasteiger partial charge on any atom is 0.271 e. The number of nitrogens with zero attached hydrogens (tertiary/aromatic N) is 3. The van der Waals surface area contributed by atoms with Crippen molar-refractivity contribution in [3.8, 4) is 0 Å². The Kier molecular flexibility index (Phi) is 2.12. The molecule has 0 bridgehead atoms. The van der Waals surface area contributed by atoms with Crippen LogP contribution in [0.25, 0.3) is 0 Å². The molecule has 0 aromatic carbocycles. The van der Waals surface area contributed by atoms with E-state index in [-0.39, 0.29) is 11.7 Å². The molecule has 0 unspecified atom stereocenters. The van der Waals surface area contributed by atoms with Crippen molar-refractivity contribution in [2.75, 3.05) is 0 Å². The van der Waals surface area contributed by atoms with Crippen LogP contribution in [0.3, 0.4) is 0 Å². The molecule has 0 fully saturated rings. The third-order valence-corrected chi connectivity index (χ3v) is 1.65. The maximum absolute atomic E-state index is 10.8. The smallest absolute Gasteiger partial charge is 0.271 e. The van der Waals surface area contributed by atoms with E-state index in [2.05, 4.69) is 10.3 Å². The first-order valence-corrected chi connectivity index (χ1v) is 3.75. The highest BCUT2D eigenvalue weighted by atomic mass is 16.1. The topological polar surface area (TPSA) is 73.8 Å². The van der Waals surface area contributed by atoms with Gasteiger partial charge in [-0.05, 0) is 20.8 Å². The molecule has 1 aromatic rings. The predicted molar refractivity (Wildman–Crippen MR) is 43.7 cm³/mol. The zero-order valence-electron chi connectivity index (χ0n) is 7.40. The van der Waals surface area contributed by atoms with Gasteiger partial charge in [-0.3, -0.25) is 4.79 Å². The predicted octanol–water partition coefficient (Wildman–Crippen LogP) is 0.266. The first-order valence-electron chi connectivity index (χ1n) is 3.75. The average molecular weight is 168 g/mol. The molecule has 2 N–H and O–H groups in total. The highest BCUT2D eigenvalue weighted by Crippen LogP contribution is 2.08. The summed E-state index contributed by atoms with van der Waals surface area (Å²) < 4.78 is 1.67. The van der Waals surface area contributed by atoms with Gasteiger partial charge in [0.15, 0.2) is 5.69 Å². The van der Waals surface area contributed by atoms with Crippen LogP contribution in [0.15, 0.2) is 0 Å². The summed E-state index contributed by atoms with van der Waals surface area (Å²) in [6.45, 7) is 5.71. The summed E-state index contributed by atoms with van der Waals surface area (Å²) in [6, 6.07) is 0.200. The van der Waals surface area contributed by atoms with E-state index in [0.29, 0.717) is 0 Å². The van der Waals surface area contributed by atoms with E-state index in [0.717, 1.165) is 5.69 Å². The Hall–Kier alpha value is -1.39. The zero-order valence-corrected chi connectivity index (χ0v) is 7.40. The van der Waals surface area contributed by atoms with E-state index in [1.807, 2.05) is 13.8 Å². The summed E-state index contributed by atoms with van der Waals surface area (Å²) >= 11 is 0. The van der Waals surface area contributed by atoms with E-state index in [1.54, 1.807) is 11.6 Å². The van der Waals surface area contributed by atoms with E-state index in [9.17, 15) is 4.79 Å². The van der Waals surface area contributed by atoms with Gasteiger partial charge in [0.1, 0.15) is 0 Å². The van der Waals surface area contributed by atoms with Crippen LogP contribution in [0.2, 0.25) is 0 Å². The van der Waals surface area contributed by atoms with Gasteiger partial charge in [-0.15, -0.1) is 5.10 Å². The molecule has 0 aliphatic rings. The second kappa shape index (κ2) is 2.92. The molecule has 5 heteroatoms. The van der Waals surface area contributed by atoms with Crippen molar-refractivity contribution in [2.45, 2.75) is 26.8 Å². The van der Waals surface area contributed by atoms with Gasteiger partial charge < -0.3 is 5.73 Å². The van der Waals surface area contributed by atoms with E-state index < -0.39 is 5.91 Å². The van der Waals surface area contributed by atoms with E-state index in [4.69, 9.17) is 5.73 Å². The van der Waals surface area contributed by atoms with Gasteiger partial charge in [0.05, 0.1) is 5.69 Å². The van der Waals surface area contributed by atoms with Gasteiger partial charge >= 0.3 is 0 Å². The molecule has 0 atom stereocenters. The number of aromatic nitrogens is 3. The van der Waals surface area contributed by atoms with Gasteiger partial charge in [-0.2, -0.15) is 0 Å². The van der Waals surface area contributed by atoms with Crippen LogP contribution < -0.4 is 5.73 Å². The summed E-state index contributed by atoms with van der Waals surface area (Å²) in [6.07, 6.45) is 0. The first kappa shape index (κ1) is 8.70. The van der Waals surface area contributed by atoms with Crippen molar-refractivity contribution >= 4 is 5.91 Å². The Balaban J connectivity index is 3.13. The minimum Gasteiger partial charge on any atom is -0.364 e. The Morgan fingerprint density at radius 1 is 1.58 bits per heavy atom. The monoisotopic (exact) mass is 168 g/mol. The molecule has 0 aliphatic carbocycles. The molecule has 12 heavy (non-hydrogen) atoms. The second-order valence-electron chi connectivity index (χ2n) is 2.93. The third-order valence-electron chi connectivity index (χ3n) is 1.65. The SMILES string of the molecule is Cc1c(C(N)=O)nnn1C(C)C. The van der Waals surface area contributed by atoms with Gasteiger partial charge in [-0.25, -0.2) is 4.68 Å². The molecule has 0 radical (unpaired) electrons. The highest BCUT2D eigenvalue weighted by molar-refractivity contribution is 5.91. The van der Waals surface area contributed by atoms with Gasteiger partial charge in [0.2, 0.25) is 0 Å². The van der Waals surface area contributed by atoms with Crippen LogP contribution in [-0.4, -0.2) is 20.9 Å². The number of primary amides is 1. The Morgan fingerprint density at radius 2 is 2.17 bits per heavy atom. The number of carbonyl (C=O) groups is 1. The fourth-order valence-corrected chi connectivity index (χ4v) is 1.06. The normalized spacial score (nSPS) is 10.7. The number of hydrogen-bond acceptors (Lipinski definition) is 3. The van der Waals surface area contributed by atoms with Crippen LogP contribution in [0.4, 0.5) is 0 Å². The molecule has 0 spiro atoms. The van der Waals surface area contributed by atoms with Crippen LogP contribution in [0, 0.1) is 6.92 Å². The van der Waals surface area contributed by atoms with Crippen molar-refractivity contribution < 1.29 is 4.79 Å². The Bertz CT molecular complexity index is 302. The van der Waals surface area contributed by atoms with E-state index in [1.165, 1.54) is 0 Å². The summed E-state index contributed by atoms with van der Waals surface area (Å²) in [5.41, 5.74) is 6.05. The first-order chi connectivity index (χ1) is 5.54. The number of hydrogen-bond donors (Lipinski definition) is 1. The zero-order chi connectivity index (χ0) is 9.30. The molecular formula is C7H12N4O. The van der Waals surface area contributed by atoms with Crippen LogP contribution in [-0.2, 0) is 0 Å². The fourth-order valence-electron chi connectivity index (χ4n) is 1.06. The molecule has 1 aromatic heterocycles. The van der Waals surface area contributed by atoms with Crippen molar-refractivity contribution in [2.24, 2.45) is 5.73 Å². The van der Waals surface area contributed by atoms with E-state index >= 15 is 0 Å². The minimum absolute atomic E-state index is 0.200. The maximum atomic E-state index is 10.8. The molecule has 1 amide bonds. The molecule has 0 aliphatic heterocycles. The number of amides is 1. The summed E-state index contributed by atoms with van der Waals surface area (Å²) in [7, 11) is 0. The Labute approximate surface area is 70.6 Å². The molecule has 5 nitrogen and oxygen atoms in total. The summed E-state index contributed by atoms with van der Waals surface area (Å²) in [5.74, 6) is -0.528. The lowest BCUT2D eigenvalue weighted by atomic mass is 10.3. The van der Waals surface area contributed by atoms with Crippen LogP contribution >= 0.6 is 0 Å². The van der Waals surface area contributed by atoms with Crippen molar-refractivity contribution in [1.82, 2.24) is 15.0 Å². The fraction of sp³-hybridized carbons (Fsp3) is 0.571. The summed E-state index contributed by atoms with van der Waals surface area (Å²) in [4.78, 5) is 10.8. The molecule has 1 heterocycles. The van der Waals surface area contributed by atoms with Gasteiger partial charge in [0, 0.05) is 6.04 Å². The largest absolute Gasteiger partial charge is 0.364 e. The van der Waals surface area contributed by atoms with Crippen molar-refractivity contribution in [3.05, 3.63) is 11.4 Å². The van der Waals surface area contributed by atoms with Gasteiger partial charge in [0.25, 0.3) is 5.91 Å². The quantitative estimate of drug-likeness (QED) is 0.688. The molecule has 1 rings (SSSR count). The van der Waals surface area contributed by atoms with Crippen LogP contribution in [0.5, 0.6) is 0 Å². The molecule has 0 saturated heterocycles. The van der Waals surface area contributed by atoms with Gasteiger partial charge in [-0.1, -0.05) is 5.21 Å². The lowest BCUT2D eigenvalue weighted by molar-refractivity contribution is 0.0995. The lowest BCUT2D eigenvalue weighted by Gasteiger charge is -2.05. The van der Waals surface area contributed by atoms with Crippen molar-refractivity contribution in [3.63, 3.8) is 0 Å². The number of carbonyl (C=O) groups excluding carboxylic acids is 1. The summed E-state index contributed by atoms with van der Waals surface area (Å²) in [5, 5.41) is 7.48. The second-order valence-corrected chi connectivity index (χ2v) is 2.93. The molecular weight excluding hydrogens is 156 g/mol. The highest BCUT2D eigenvalue weighted by Gasteiger charge is 2.14. The number of rotatable bonds is 2. The van der Waals surface area contributed by atoms with Crippen LogP contribution in [0.1, 0.15) is 36.1 Å². The third kappa shape index (κ3) is 1.30. The minimum atomic E-state index is -0.528. The Morgan fingerprint density at radius 3 is 2.42 bits per heavy atom. The lowest BCUT2D eigenvalue weighted by Crippen LogP contribution is -2.14. The molecule has 66 valence electrons. The molecule has 0 saturated carbocycles. The average Bonchev–Trinajstić information content (AvgIpc) is 2.30.